The monoisotopic (exact) mass is 702 g/mol. The first kappa shape index (κ1) is 25.0. The van der Waals surface area contributed by atoms with Crippen LogP contribution in [-0.4, -0.2) is 14.2 Å². The number of hydrogen-bond donors (Lipinski definition) is 0. The molecular weight excluding hydrogens is 678 g/mol. The van der Waals surface area contributed by atoms with Crippen molar-refractivity contribution in [3.63, 3.8) is 0 Å². The molecule has 0 aliphatic carbocycles. The topological polar surface area (TPSA) is 36.9 Å². The fraction of sp³-hybridized carbons (Fsp3) is 0.133. The fourth-order valence-electron chi connectivity index (χ4n) is 4.23. The first-order valence-electron chi connectivity index (χ1n) is 11.4. The van der Waals surface area contributed by atoms with Crippen LogP contribution in [0.3, 0.4) is 0 Å². The second-order valence-electron chi connectivity index (χ2n) is 8.27. The van der Waals surface area contributed by atoms with Crippen molar-refractivity contribution in [1.82, 2.24) is 0 Å². The number of halogens is 2. The summed E-state index contributed by atoms with van der Waals surface area (Å²) in [5, 5.41) is 3.98. The Morgan fingerprint density at radius 2 is 0.917 bits per heavy atom. The Labute approximate surface area is 237 Å². The Morgan fingerprint density at radius 1 is 0.528 bits per heavy atom. The zero-order valence-corrected chi connectivity index (χ0v) is 24.2. The molecule has 0 bridgehead atoms. The molecule has 182 valence electrons. The Bertz CT molecular complexity index is 1400. The third-order valence-corrected chi connectivity index (χ3v) is 7.71. The lowest BCUT2D eigenvalue weighted by atomic mass is 9.99. The van der Waals surface area contributed by atoms with Crippen molar-refractivity contribution >= 4 is 66.7 Å². The van der Waals surface area contributed by atoms with Crippen LogP contribution in [0.15, 0.2) is 84.9 Å². The fourth-order valence-corrected chi connectivity index (χ4v) is 5.61. The van der Waals surface area contributed by atoms with Gasteiger partial charge in [0.2, 0.25) is 0 Å². The second kappa shape index (κ2) is 11.1. The summed E-state index contributed by atoms with van der Waals surface area (Å²) in [4.78, 5) is 0. The van der Waals surface area contributed by atoms with E-state index in [2.05, 4.69) is 93.7 Å². The van der Waals surface area contributed by atoms with E-state index in [0.717, 1.165) is 62.8 Å². The molecule has 0 unspecified atom stereocenters. The first-order chi connectivity index (χ1) is 17.6. The van der Waals surface area contributed by atoms with Gasteiger partial charge in [-0.3, -0.25) is 0 Å². The maximum absolute atomic E-state index is 6.56. The Morgan fingerprint density at radius 3 is 1.28 bits per heavy atom. The largest absolute Gasteiger partial charge is 0.496 e. The Balaban J connectivity index is 1.76. The lowest BCUT2D eigenvalue weighted by Gasteiger charge is -2.20. The molecule has 0 aliphatic heterocycles. The zero-order valence-electron chi connectivity index (χ0n) is 19.9. The molecule has 5 aromatic carbocycles. The van der Waals surface area contributed by atoms with E-state index in [-0.39, 0.29) is 0 Å². The van der Waals surface area contributed by atoms with Crippen LogP contribution in [0.1, 0.15) is 11.1 Å². The Hall–Kier alpha value is -2.72. The summed E-state index contributed by atoms with van der Waals surface area (Å²) in [5.74, 6) is 3.07. The first-order valence-corrected chi connectivity index (χ1v) is 13.6. The average molecular weight is 702 g/mol. The van der Waals surface area contributed by atoms with E-state index in [4.69, 9.17) is 18.9 Å². The molecule has 0 radical (unpaired) electrons. The summed E-state index contributed by atoms with van der Waals surface area (Å²) in [6.07, 6.45) is 0. The van der Waals surface area contributed by atoms with E-state index in [1.807, 2.05) is 36.4 Å². The van der Waals surface area contributed by atoms with Gasteiger partial charge in [0.05, 0.1) is 21.4 Å². The highest BCUT2D eigenvalue weighted by molar-refractivity contribution is 14.1. The van der Waals surface area contributed by atoms with Gasteiger partial charge in [-0.05, 0) is 91.3 Å². The molecule has 5 aromatic rings. The standard InChI is InChI=1S/C30H24I2O4/c1-33-27-15-21-22-16-28(34-2)26(32)14-24(22)30(36-18-20-11-7-4-8-12-20)29(23(21)13-25(27)31)35-17-19-9-5-3-6-10-19/h3-16H,17-18H2,1-2H3. The number of fused-ring (bicyclic) bond motifs is 3. The van der Waals surface area contributed by atoms with E-state index in [1.165, 1.54) is 0 Å². The van der Waals surface area contributed by atoms with Crippen LogP contribution in [0.25, 0.3) is 21.5 Å². The van der Waals surface area contributed by atoms with Crippen LogP contribution >= 0.6 is 45.2 Å². The number of methoxy groups -OCH3 is 2. The molecule has 36 heavy (non-hydrogen) atoms. The molecular formula is C30H24I2O4. The molecule has 0 atom stereocenters. The van der Waals surface area contributed by atoms with Gasteiger partial charge in [0.1, 0.15) is 24.7 Å². The lowest BCUT2D eigenvalue weighted by Crippen LogP contribution is -2.03. The number of ether oxygens (including phenoxy) is 4. The van der Waals surface area contributed by atoms with Gasteiger partial charge in [0.25, 0.3) is 0 Å². The third kappa shape index (κ3) is 5.06. The normalized spacial score (nSPS) is 11.0. The molecule has 5 rings (SSSR count). The molecule has 0 heterocycles. The second-order valence-corrected chi connectivity index (χ2v) is 10.6. The van der Waals surface area contributed by atoms with Gasteiger partial charge in [-0.25, -0.2) is 0 Å². The predicted molar refractivity (Wildman–Crippen MR) is 162 cm³/mol. The van der Waals surface area contributed by atoms with E-state index in [0.29, 0.717) is 13.2 Å². The smallest absolute Gasteiger partial charge is 0.170 e. The van der Waals surface area contributed by atoms with Gasteiger partial charge in [0.15, 0.2) is 11.5 Å². The molecule has 0 aromatic heterocycles. The number of rotatable bonds is 8. The SMILES string of the molecule is COc1cc2c(cc1I)c(OCc1ccccc1)c(OCc1ccccc1)c1cc(I)c(OC)cc12. The summed E-state index contributed by atoms with van der Waals surface area (Å²) >= 11 is 4.61. The maximum Gasteiger partial charge on any atom is 0.170 e. The highest BCUT2D eigenvalue weighted by Gasteiger charge is 2.21. The van der Waals surface area contributed by atoms with E-state index in [9.17, 15) is 0 Å². The minimum absolute atomic E-state index is 0.430. The van der Waals surface area contributed by atoms with Crippen molar-refractivity contribution in [2.75, 3.05) is 14.2 Å². The van der Waals surface area contributed by atoms with Gasteiger partial charge in [-0.1, -0.05) is 60.7 Å². The highest BCUT2D eigenvalue weighted by atomic mass is 127. The van der Waals surface area contributed by atoms with Crippen LogP contribution in [0.2, 0.25) is 0 Å². The lowest BCUT2D eigenvalue weighted by molar-refractivity contribution is 0.261. The minimum Gasteiger partial charge on any atom is -0.496 e. The van der Waals surface area contributed by atoms with Gasteiger partial charge >= 0.3 is 0 Å². The molecule has 0 fully saturated rings. The molecule has 4 nitrogen and oxygen atoms in total. The van der Waals surface area contributed by atoms with E-state index in [1.54, 1.807) is 14.2 Å². The van der Waals surface area contributed by atoms with Crippen LogP contribution in [0.5, 0.6) is 23.0 Å². The van der Waals surface area contributed by atoms with Crippen LogP contribution in [-0.2, 0) is 13.2 Å². The van der Waals surface area contributed by atoms with Crippen molar-refractivity contribution in [1.29, 1.82) is 0 Å². The zero-order chi connectivity index (χ0) is 25.1. The molecule has 0 aliphatic rings. The summed E-state index contributed by atoms with van der Waals surface area (Å²) in [7, 11) is 3.39. The molecule has 0 saturated heterocycles. The van der Waals surface area contributed by atoms with Gasteiger partial charge in [0, 0.05) is 10.8 Å². The summed E-state index contributed by atoms with van der Waals surface area (Å²) < 4.78 is 26.5. The van der Waals surface area contributed by atoms with E-state index < -0.39 is 0 Å². The molecule has 0 amide bonds. The van der Waals surface area contributed by atoms with Crippen molar-refractivity contribution in [2.24, 2.45) is 0 Å². The van der Waals surface area contributed by atoms with Crippen molar-refractivity contribution < 1.29 is 18.9 Å². The van der Waals surface area contributed by atoms with Crippen molar-refractivity contribution in [2.45, 2.75) is 13.2 Å². The summed E-state index contributed by atoms with van der Waals surface area (Å²) in [6.45, 7) is 0.859. The quantitative estimate of drug-likeness (QED) is 0.120. The predicted octanol–water partition coefficient (Wildman–Crippen LogP) is 8.38. The minimum atomic E-state index is 0.430. The summed E-state index contributed by atoms with van der Waals surface area (Å²) in [6, 6.07) is 28.7. The molecule has 6 heteroatoms. The Kier molecular flexibility index (Phi) is 7.71. The molecule has 0 N–H and O–H groups in total. The van der Waals surface area contributed by atoms with Crippen molar-refractivity contribution in [3.05, 3.63) is 103 Å². The van der Waals surface area contributed by atoms with Crippen LogP contribution < -0.4 is 18.9 Å². The average Bonchev–Trinajstić information content (AvgIpc) is 2.91. The maximum atomic E-state index is 6.56. The number of hydrogen-bond acceptors (Lipinski definition) is 4. The molecule has 0 spiro atoms. The van der Waals surface area contributed by atoms with Gasteiger partial charge < -0.3 is 18.9 Å². The van der Waals surface area contributed by atoms with Crippen molar-refractivity contribution in [3.8, 4) is 23.0 Å². The highest BCUT2D eigenvalue weighted by Crippen LogP contribution is 2.48. The molecule has 0 saturated carbocycles. The van der Waals surface area contributed by atoms with Crippen LogP contribution in [0, 0.1) is 7.14 Å². The van der Waals surface area contributed by atoms with E-state index >= 15 is 0 Å². The van der Waals surface area contributed by atoms with Gasteiger partial charge in [-0.2, -0.15) is 0 Å². The number of benzene rings is 5. The van der Waals surface area contributed by atoms with Gasteiger partial charge in [-0.15, -0.1) is 0 Å². The van der Waals surface area contributed by atoms with Crippen LogP contribution in [0.4, 0.5) is 0 Å². The summed E-state index contributed by atoms with van der Waals surface area (Å²) in [5.41, 5.74) is 2.18. The third-order valence-electron chi connectivity index (χ3n) is 6.02.